The molecule has 2 fully saturated rings. The second-order valence-corrected chi connectivity index (χ2v) is 3.85. The number of unbranched alkanes of at least 4 members (excludes halogenated alkanes) is 3. The van der Waals surface area contributed by atoms with Gasteiger partial charge < -0.3 is 9.47 Å². The lowest BCUT2D eigenvalue weighted by molar-refractivity contribution is -0.278. The van der Waals surface area contributed by atoms with Gasteiger partial charge in [-0.2, -0.15) is 0 Å². The molecule has 16 heavy (non-hydrogen) atoms. The van der Waals surface area contributed by atoms with Crippen LogP contribution in [0.15, 0.2) is 0 Å². The molecule has 0 saturated carbocycles. The maximum absolute atomic E-state index is 5.14. The zero-order valence-corrected chi connectivity index (χ0v) is 9.26. The summed E-state index contributed by atoms with van der Waals surface area (Å²) in [5, 5.41) is 0. The van der Waals surface area contributed by atoms with E-state index in [-0.39, 0.29) is 26.2 Å². The number of rotatable bonds is 7. The van der Waals surface area contributed by atoms with Crippen molar-refractivity contribution in [3.63, 3.8) is 0 Å². The van der Waals surface area contributed by atoms with Crippen LogP contribution in [0.1, 0.15) is 38.5 Å². The van der Waals surface area contributed by atoms with Crippen LogP contribution in [0.25, 0.3) is 0 Å². The van der Waals surface area contributed by atoms with E-state index in [4.69, 9.17) is 19.2 Å². The Labute approximate surface area is 94.6 Å². The Hall–Kier alpha value is -0.240. The normalized spacial score (nSPS) is 30.0. The third-order valence-corrected chi connectivity index (χ3v) is 2.58. The molecule has 6 heteroatoms. The van der Waals surface area contributed by atoms with E-state index in [1.807, 2.05) is 0 Å². The Morgan fingerprint density at radius 3 is 1.56 bits per heavy atom. The molecule has 2 saturated heterocycles. The summed E-state index contributed by atoms with van der Waals surface area (Å²) in [5.74, 6) is 0. The molecule has 2 aliphatic heterocycles. The molecule has 0 aromatic rings. The molecule has 0 spiro atoms. The van der Waals surface area contributed by atoms with Crippen LogP contribution in [0.4, 0.5) is 0 Å². The molecule has 0 aromatic heterocycles. The van der Waals surface area contributed by atoms with Crippen molar-refractivity contribution in [2.45, 2.75) is 51.1 Å². The predicted molar refractivity (Wildman–Crippen MR) is 51.5 cm³/mol. The average Bonchev–Trinajstić information content (AvgIpc) is 2.96. The number of hydrogen-bond donors (Lipinski definition) is 0. The van der Waals surface area contributed by atoms with Crippen molar-refractivity contribution >= 4 is 0 Å². The minimum Gasteiger partial charge on any atom is -0.320 e. The van der Waals surface area contributed by atoms with Crippen molar-refractivity contribution in [2.24, 2.45) is 0 Å². The molecule has 0 bridgehead atoms. The van der Waals surface area contributed by atoms with Crippen LogP contribution in [0.5, 0.6) is 0 Å². The van der Waals surface area contributed by atoms with Crippen molar-refractivity contribution in [1.82, 2.24) is 0 Å². The molecule has 2 heterocycles. The minimum atomic E-state index is -0.171. The molecule has 94 valence electrons. The first-order chi connectivity index (χ1) is 7.95. The van der Waals surface area contributed by atoms with E-state index < -0.39 is 0 Å². The standard InChI is InChI=1S/C10H18O6/c1(3-5-9-11-7-13-15-9)2-4-6-10-12-8-14-16-10/h9-10H,1-8H2. The number of ether oxygens (including phenoxy) is 2. The lowest BCUT2D eigenvalue weighted by atomic mass is 10.1. The van der Waals surface area contributed by atoms with E-state index in [2.05, 4.69) is 9.78 Å². The smallest absolute Gasteiger partial charge is 0.194 e. The Morgan fingerprint density at radius 1 is 0.688 bits per heavy atom. The second kappa shape index (κ2) is 7.16. The summed E-state index contributed by atoms with van der Waals surface area (Å²) < 4.78 is 10.3. The van der Waals surface area contributed by atoms with Crippen molar-refractivity contribution in [3.8, 4) is 0 Å². The van der Waals surface area contributed by atoms with E-state index >= 15 is 0 Å². The topological polar surface area (TPSA) is 55.4 Å². The van der Waals surface area contributed by atoms with Gasteiger partial charge in [-0.1, -0.05) is 12.8 Å². The molecular weight excluding hydrogens is 216 g/mol. The van der Waals surface area contributed by atoms with Gasteiger partial charge in [0, 0.05) is 12.8 Å². The zero-order chi connectivity index (χ0) is 11.1. The highest BCUT2D eigenvalue weighted by Gasteiger charge is 2.18. The summed E-state index contributed by atoms with van der Waals surface area (Å²) in [4.78, 5) is 19.0. The van der Waals surface area contributed by atoms with Gasteiger partial charge in [0.15, 0.2) is 26.2 Å². The van der Waals surface area contributed by atoms with Gasteiger partial charge in [-0.15, -0.1) is 0 Å². The van der Waals surface area contributed by atoms with E-state index in [1.54, 1.807) is 0 Å². The van der Waals surface area contributed by atoms with Crippen LogP contribution in [0.3, 0.4) is 0 Å². The molecule has 2 unspecified atom stereocenters. The SMILES string of the molecule is C(CCCC1OCOO1)CCC1OCOO1. The Morgan fingerprint density at radius 2 is 1.19 bits per heavy atom. The summed E-state index contributed by atoms with van der Waals surface area (Å²) in [6.07, 6.45) is 5.89. The van der Waals surface area contributed by atoms with E-state index in [0.29, 0.717) is 0 Å². The van der Waals surface area contributed by atoms with Gasteiger partial charge in [-0.05, 0) is 12.8 Å². The molecule has 2 atom stereocenters. The van der Waals surface area contributed by atoms with Crippen LogP contribution in [-0.2, 0) is 29.0 Å². The summed E-state index contributed by atoms with van der Waals surface area (Å²) in [6.45, 7) is 0.502. The second-order valence-electron chi connectivity index (χ2n) is 3.85. The highest BCUT2D eigenvalue weighted by molar-refractivity contribution is 4.51. The van der Waals surface area contributed by atoms with Crippen LogP contribution in [0, 0.1) is 0 Å². The lowest BCUT2D eigenvalue weighted by Gasteiger charge is -2.07. The number of hydrogen-bond acceptors (Lipinski definition) is 6. The molecule has 2 aliphatic rings. The highest BCUT2D eigenvalue weighted by Crippen LogP contribution is 2.17. The van der Waals surface area contributed by atoms with Crippen molar-refractivity contribution in [2.75, 3.05) is 13.6 Å². The Bertz CT molecular complexity index is 156. The van der Waals surface area contributed by atoms with Gasteiger partial charge in [-0.25, -0.2) is 19.6 Å². The van der Waals surface area contributed by atoms with Gasteiger partial charge in [-0.3, -0.25) is 0 Å². The fourth-order valence-electron chi connectivity index (χ4n) is 1.71. The monoisotopic (exact) mass is 234 g/mol. The average molecular weight is 234 g/mol. The van der Waals surface area contributed by atoms with Gasteiger partial charge in [0.2, 0.25) is 0 Å². The van der Waals surface area contributed by atoms with Gasteiger partial charge in [0.05, 0.1) is 0 Å². The van der Waals surface area contributed by atoms with Crippen LogP contribution in [0.2, 0.25) is 0 Å². The van der Waals surface area contributed by atoms with E-state index in [1.165, 1.54) is 0 Å². The minimum absolute atomic E-state index is 0.171. The zero-order valence-electron chi connectivity index (χ0n) is 9.26. The molecule has 0 amide bonds. The Balaban J connectivity index is 1.37. The summed E-state index contributed by atoms with van der Waals surface area (Å²) in [7, 11) is 0. The molecular formula is C10H18O6. The van der Waals surface area contributed by atoms with Crippen molar-refractivity contribution in [1.29, 1.82) is 0 Å². The van der Waals surface area contributed by atoms with Crippen LogP contribution >= 0.6 is 0 Å². The van der Waals surface area contributed by atoms with Crippen LogP contribution < -0.4 is 0 Å². The molecule has 0 aromatic carbocycles. The van der Waals surface area contributed by atoms with E-state index in [9.17, 15) is 0 Å². The maximum atomic E-state index is 5.14. The predicted octanol–water partition coefficient (Wildman–Crippen LogP) is 1.85. The van der Waals surface area contributed by atoms with Crippen molar-refractivity contribution < 1.29 is 29.0 Å². The van der Waals surface area contributed by atoms with Crippen molar-refractivity contribution in [3.05, 3.63) is 0 Å². The first-order valence-corrected chi connectivity index (χ1v) is 5.75. The quantitative estimate of drug-likeness (QED) is 0.495. The molecule has 6 nitrogen and oxygen atoms in total. The molecule has 0 radical (unpaired) electrons. The lowest BCUT2D eigenvalue weighted by Crippen LogP contribution is -2.07. The fourth-order valence-corrected chi connectivity index (χ4v) is 1.71. The summed E-state index contributed by atoms with van der Waals surface area (Å²) in [5.41, 5.74) is 0. The Kier molecular flexibility index (Phi) is 5.47. The van der Waals surface area contributed by atoms with Gasteiger partial charge >= 0.3 is 0 Å². The summed E-state index contributed by atoms with van der Waals surface area (Å²) >= 11 is 0. The van der Waals surface area contributed by atoms with E-state index in [0.717, 1.165) is 38.5 Å². The third-order valence-electron chi connectivity index (χ3n) is 2.58. The van der Waals surface area contributed by atoms with Gasteiger partial charge in [0.1, 0.15) is 0 Å². The largest absolute Gasteiger partial charge is 0.320 e. The first kappa shape index (κ1) is 12.2. The first-order valence-electron chi connectivity index (χ1n) is 5.75. The molecule has 2 rings (SSSR count). The molecule has 0 N–H and O–H groups in total. The molecule has 0 aliphatic carbocycles. The maximum Gasteiger partial charge on any atom is 0.194 e. The third kappa shape index (κ3) is 4.32. The summed E-state index contributed by atoms with van der Waals surface area (Å²) in [6, 6.07) is 0. The van der Waals surface area contributed by atoms with Gasteiger partial charge in [0.25, 0.3) is 0 Å². The highest BCUT2D eigenvalue weighted by atomic mass is 17.3. The fraction of sp³-hybridized carbons (Fsp3) is 1.00. The van der Waals surface area contributed by atoms with Crippen LogP contribution in [-0.4, -0.2) is 26.2 Å².